The predicted molar refractivity (Wildman–Crippen MR) is 143 cm³/mol. The molecule has 1 aliphatic heterocycles. The Kier molecular flexibility index (Phi) is 9.58. The van der Waals surface area contributed by atoms with E-state index in [1.54, 1.807) is 43.5 Å². The zero-order valence-electron chi connectivity index (χ0n) is 22.6. The number of ether oxygens (including phenoxy) is 3. The molecule has 2 aromatic rings. The Bertz CT molecular complexity index is 1120. The fourth-order valence-electron chi connectivity index (χ4n) is 4.32. The summed E-state index contributed by atoms with van der Waals surface area (Å²) < 4.78 is 17.0. The second-order valence-corrected chi connectivity index (χ2v) is 9.60. The van der Waals surface area contributed by atoms with Crippen molar-refractivity contribution >= 4 is 17.4 Å². The second-order valence-electron chi connectivity index (χ2n) is 9.60. The zero-order chi connectivity index (χ0) is 27.1. The van der Waals surface area contributed by atoms with Crippen molar-refractivity contribution in [3.8, 4) is 17.2 Å². The summed E-state index contributed by atoms with van der Waals surface area (Å²) in [4.78, 5) is 30.0. The third kappa shape index (κ3) is 6.63. The van der Waals surface area contributed by atoms with E-state index in [9.17, 15) is 14.7 Å². The average molecular weight is 511 g/mol. The summed E-state index contributed by atoms with van der Waals surface area (Å²) in [5.74, 6) is 0.174. The number of nitrogens with zero attached hydrogens (tertiary/aromatic N) is 2. The lowest BCUT2D eigenvalue weighted by Gasteiger charge is -2.26. The van der Waals surface area contributed by atoms with E-state index in [4.69, 9.17) is 14.2 Å². The van der Waals surface area contributed by atoms with Crippen LogP contribution in [0.3, 0.4) is 0 Å². The molecule has 3 rings (SSSR count). The van der Waals surface area contributed by atoms with E-state index in [1.807, 2.05) is 45.8 Å². The quantitative estimate of drug-likeness (QED) is 0.253. The van der Waals surface area contributed by atoms with Crippen LogP contribution in [0, 0.1) is 0 Å². The van der Waals surface area contributed by atoms with Crippen LogP contribution in [0.5, 0.6) is 17.2 Å². The Balaban J connectivity index is 2.08. The van der Waals surface area contributed by atoms with Crippen LogP contribution in [-0.4, -0.2) is 73.6 Å². The first-order valence-electron chi connectivity index (χ1n) is 12.7. The molecule has 1 heterocycles. The molecule has 0 aromatic heterocycles. The van der Waals surface area contributed by atoms with Gasteiger partial charge in [0.05, 0.1) is 31.4 Å². The summed E-state index contributed by atoms with van der Waals surface area (Å²) in [7, 11) is 5.46. The van der Waals surface area contributed by atoms with Gasteiger partial charge in [0.2, 0.25) is 0 Å². The number of rotatable bonds is 12. The summed E-state index contributed by atoms with van der Waals surface area (Å²) in [5, 5.41) is 11.3. The van der Waals surface area contributed by atoms with Crippen molar-refractivity contribution in [3.63, 3.8) is 0 Å². The van der Waals surface area contributed by atoms with Crippen molar-refractivity contribution in [1.82, 2.24) is 9.80 Å². The van der Waals surface area contributed by atoms with Crippen molar-refractivity contribution in [1.29, 1.82) is 0 Å². The van der Waals surface area contributed by atoms with E-state index in [1.165, 1.54) is 4.90 Å². The van der Waals surface area contributed by atoms with Crippen molar-refractivity contribution < 1.29 is 28.9 Å². The monoisotopic (exact) mass is 510 g/mol. The molecule has 0 spiro atoms. The molecule has 1 atom stereocenters. The van der Waals surface area contributed by atoms with Crippen LogP contribution in [-0.2, 0) is 9.59 Å². The molecule has 0 radical (unpaired) electrons. The fraction of sp³-hybridized carbons (Fsp3) is 0.448. The zero-order valence-corrected chi connectivity index (χ0v) is 22.6. The number of carbonyl (C=O) groups excluding carboxylic acids is 2. The van der Waals surface area contributed by atoms with Gasteiger partial charge in [-0.15, -0.1) is 0 Å². The SMILES string of the molecule is CCCOc1ccc([C@H]2C(=C(O)c3ccc(OC(C)C)cc3)C(=O)C(=O)N2CCCN(C)C)cc1OC. The van der Waals surface area contributed by atoms with E-state index < -0.39 is 17.7 Å². The first-order valence-corrected chi connectivity index (χ1v) is 12.7. The van der Waals surface area contributed by atoms with Gasteiger partial charge in [0.15, 0.2) is 11.5 Å². The van der Waals surface area contributed by atoms with Crippen LogP contribution in [0.25, 0.3) is 5.76 Å². The molecule has 2 aromatic carbocycles. The van der Waals surface area contributed by atoms with Crippen molar-refractivity contribution in [2.24, 2.45) is 0 Å². The first-order chi connectivity index (χ1) is 17.7. The minimum absolute atomic E-state index is 0.00574. The second kappa shape index (κ2) is 12.6. The fourth-order valence-corrected chi connectivity index (χ4v) is 4.32. The van der Waals surface area contributed by atoms with Gasteiger partial charge in [0, 0.05) is 12.1 Å². The molecule has 1 N–H and O–H groups in total. The minimum Gasteiger partial charge on any atom is -0.507 e. The minimum atomic E-state index is -0.761. The number of hydrogen-bond acceptors (Lipinski definition) is 7. The number of aliphatic hydroxyl groups is 1. The molecule has 0 saturated carbocycles. The molecule has 0 unspecified atom stereocenters. The number of carbonyl (C=O) groups is 2. The van der Waals surface area contributed by atoms with E-state index in [0.29, 0.717) is 47.9 Å². The van der Waals surface area contributed by atoms with Crippen LogP contribution in [0.2, 0.25) is 0 Å². The molecule has 1 aliphatic rings. The van der Waals surface area contributed by atoms with Crippen molar-refractivity contribution in [3.05, 3.63) is 59.2 Å². The summed E-state index contributed by atoms with van der Waals surface area (Å²) in [6.45, 7) is 7.53. The van der Waals surface area contributed by atoms with Crippen molar-refractivity contribution in [2.45, 2.75) is 45.8 Å². The average Bonchev–Trinajstić information content (AvgIpc) is 3.12. The number of methoxy groups -OCH3 is 1. The maximum atomic E-state index is 13.3. The Hall–Kier alpha value is -3.52. The summed E-state index contributed by atoms with van der Waals surface area (Å²) in [6.07, 6.45) is 1.52. The third-order valence-corrected chi connectivity index (χ3v) is 6.01. The van der Waals surface area contributed by atoms with Gasteiger partial charge >= 0.3 is 0 Å². The molecule has 8 nitrogen and oxygen atoms in total. The highest BCUT2D eigenvalue weighted by atomic mass is 16.5. The lowest BCUT2D eigenvalue weighted by atomic mass is 9.95. The van der Waals surface area contributed by atoms with Gasteiger partial charge in [-0.1, -0.05) is 13.0 Å². The molecular formula is C29H38N2O6. The number of amides is 1. The summed E-state index contributed by atoms with van der Waals surface area (Å²) in [5.41, 5.74) is 1.14. The maximum absolute atomic E-state index is 13.3. The van der Waals surface area contributed by atoms with Crippen LogP contribution < -0.4 is 14.2 Å². The highest BCUT2D eigenvalue weighted by molar-refractivity contribution is 6.46. The Morgan fingerprint density at radius 3 is 2.38 bits per heavy atom. The van der Waals surface area contributed by atoms with Gasteiger partial charge in [0.1, 0.15) is 11.5 Å². The summed E-state index contributed by atoms with van der Waals surface area (Å²) in [6, 6.07) is 11.4. The molecule has 200 valence electrons. The normalized spacial score (nSPS) is 17.1. The third-order valence-electron chi connectivity index (χ3n) is 6.01. The predicted octanol–water partition coefficient (Wildman–Crippen LogP) is 4.64. The molecule has 1 amide bonds. The Morgan fingerprint density at radius 2 is 1.78 bits per heavy atom. The standard InChI is InChI=1S/C29H38N2O6/c1-7-17-36-23-14-11-21(18-24(23)35-6)26-25(28(33)29(34)31(26)16-8-15-30(4)5)27(32)20-9-12-22(13-10-20)37-19(2)3/h9-14,18-19,26,32H,7-8,15-17H2,1-6H3/t26-/m0/s1. The van der Waals surface area contributed by atoms with Crippen LogP contribution in [0.1, 0.15) is 50.8 Å². The van der Waals surface area contributed by atoms with Gasteiger partial charge in [-0.2, -0.15) is 0 Å². The molecular weight excluding hydrogens is 472 g/mol. The molecule has 1 fully saturated rings. The van der Waals surface area contributed by atoms with Crippen LogP contribution >= 0.6 is 0 Å². The van der Waals surface area contributed by atoms with E-state index >= 15 is 0 Å². The number of benzene rings is 2. The number of ketones is 1. The van der Waals surface area contributed by atoms with E-state index in [-0.39, 0.29) is 17.4 Å². The molecule has 8 heteroatoms. The number of hydrogen-bond donors (Lipinski definition) is 1. The number of aliphatic hydroxyl groups excluding tert-OH is 1. The van der Waals surface area contributed by atoms with Crippen LogP contribution in [0.15, 0.2) is 48.0 Å². The van der Waals surface area contributed by atoms with E-state index in [2.05, 4.69) is 0 Å². The van der Waals surface area contributed by atoms with Crippen molar-refractivity contribution in [2.75, 3.05) is 40.9 Å². The maximum Gasteiger partial charge on any atom is 0.295 e. The molecule has 0 bridgehead atoms. The number of likely N-dealkylation sites (tertiary alicyclic amines) is 1. The lowest BCUT2D eigenvalue weighted by molar-refractivity contribution is -0.139. The topological polar surface area (TPSA) is 88.5 Å². The molecule has 0 aliphatic carbocycles. The van der Waals surface area contributed by atoms with Crippen LogP contribution in [0.4, 0.5) is 0 Å². The highest BCUT2D eigenvalue weighted by Crippen LogP contribution is 2.42. The Morgan fingerprint density at radius 1 is 1.08 bits per heavy atom. The largest absolute Gasteiger partial charge is 0.507 e. The van der Waals surface area contributed by atoms with Gasteiger partial charge in [-0.05, 0) is 89.3 Å². The summed E-state index contributed by atoms with van der Waals surface area (Å²) >= 11 is 0. The van der Waals surface area contributed by atoms with Gasteiger partial charge in [-0.3, -0.25) is 9.59 Å². The van der Waals surface area contributed by atoms with E-state index in [0.717, 1.165) is 13.0 Å². The first kappa shape index (κ1) is 28.1. The smallest absolute Gasteiger partial charge is 0.295 e. The van der Waals surface area contributed by atoms with Gasteiger partial charge < -0.3 is 29.1 Å². The molecule has 1 saturated heterocycles. The van der Waals surface area contributed by atoms with Gasteiger partial charge in [-0.25, -0.2) is 0 Å². The highest BCUT2D eigenvalue weighted by Gasteiger charge is 2.46. The van der Waals surface area contributed by atoms with Gasteiger partial charge in [0.25, 0.3) is 11.7 Å². The number of Topliss-reactive ketones (excluding diaryl/α,β-unsaturated/α-hetero) is 1. The lowest BCUT2D eigenvalue weighted by Crippen LogP contribution is -2.32. The molecule has 37 heavy (non-hydrogen) atoms. The Labute approximate surface area is 219 Å².